The number of hydrogen-bond acceptors (Lipinski definition) is 4. The van der Waals surface area contributed by atoms with E-state index in [-0.39, 0.29) is 5.92 Å². The standard InChI is InChI=1S/C21H23N3O3/c1-5-16(21(26)27)19(14-7-6-12(2)15(10-14)11-25)17-8-9-18-20(13(17)3)22-23-24(18)4/h6-11,16,19H,5H2,1-4H3,(H,26,27). The van der Waals surface area contributed by atoms with E-state index in [0.29, 0.717) is 12.0 Å². The molecular formula is C21H23N3O3. The van der Waals surface area contributed by atoms with E-state index >= 15 is 0 Å². The van der Waals surface area contributed by atoms with E-state index in [1.807, 2.05) is 52.1 Å². The summed E-state index contributed by atoms with van der Waals surface area (Å²) in [6, 6.07) is 9.47. The number of fused-ring (bicyclic) bond motifs is 1. The molecule has 2 atom stereocenters. The molecule has 0 saturated carbocycles. The topological polar surface area (TPSA) is 85.1 Å². The van der Waals surface area contributed by atoms with Gasteiger partial charge in [-0.2, -0.15) is 0 Å². The molecule has 0 saturated heterocycles. The van der Waals surface area contributed by atoms with Gasteiger partial charge in [0.15, 0.2) is 0 Å². The van der Waals surface area contributed by atoms with Crippen molar-refractivity contribution >= 4 is 23.3 Å². The van der Waals surface area contributed by atoms with Gasteiger partial charge < -0.3 is 5.11 Å². The van der Waals surface area contributed by atoms with Crippen molar-refractivity contribution in [3.05, 3.63) is 58.1 Å². The molecule has 2 unspecified atom stereocenters. The molecule has 2 aromatic carbocycles. The zero-order chi connectivity index (χ0) is 19.7. The lowest BCUT2D eigenvalue weighted by Gasteiger charge is -2.26. The van der Waals surface area contributed by atoms with Gasteiger partial charge in [-0.25, -0.2) is 4.68 Å². The third-order valence-corrected chi connectivity index (χ3v) is 5.36. The first-order valence-corrected chi connectivity index (χ1v) is 8.96. The van der Waals surface area contributed by atoms with Crippen molar-refractivity contribution < 1.29 is 14.7 Å². The van der Waals surface area contributed by atoms with Gasteiger partial charge in [-0.3, -0.25) is 9.59 Å². The van der Waals surface area contributed by atoms with Crippen molar-refractivity contribution in [1.29, 1.82) is 0 Å². The molecule has 0 aliphatic rings. The normalized spacial score (nSPS) is 13.5. The Hall–Kier alpha value is -3.02. The molecule has 1 aromatic heterocycles. The van der Waals surface area contributed by atoms with E-state index < -0.39 is 11.9 Å². The zero-order valence-corrected chi connectivity index (χ0v) is 15.9. The Morgan fingerprint density at radius 3 is 2.63 bits per heavy atom. The fourth-order valence-corrected chi connectivity index (χ4v) is 3.75. The predicted octanol–water partition coefficient (Wildman–Crippen LogP) is 3.64. The van der Waals surface area contributed by atoms with E-state index in [4.69, 9.17) is 0 Å². The number of aryl methyl sites for hydroxylation is 3. The third kappa shape index (κ3) is 3.23. The van der Waals surface area contributed by atoms with E-state index in [2.05, 4.69) is 10.3 Å². The van der Waals surface area contributed by atoms with E-state index in [0.717, 1.165) is 39.6 Å². The fourth-order valence-electron chi connectivity index (χ4n) is 3.75. The maximum Gasteiger partial charge on any atom is 0.307 e. The number of carboxylic acids is 1. The summed E-state index contributed by atoms with van der Waals surface area (Å²) in [5.74, 6) is -1.84. The van der Waals surface area contributed by atoms with E-state index in [1.165, 1.54) is 0 Å². The zero-order valence-electron chi connectivity index (χ0n) is 15.9. The lowest BCUT2D eigenvalue weighted by molar-refractivity contribution is -0.142. The minimum Gasteiger partial charge on any atom is -0.481 e. The first kappa shape index (κ1) is 18.8. The smallest absolute Gasteiger partial charge is 0.307 e. The average Bonchev–Trinajstić information content (AvgIpc) is 3.03. The molecular weight excluding hydrogens is 342 g/mol. The molecule has 1 N–H and O–H groups in total. The van der Waals surface area contributed by atoms with Crippen molar-refractivity contribution in [3.63, 3.8) is 0 Å². The van der Waals surface area contributed by atoms with E-state index in [9.17, 15) is 14.7 Å². The third-order valence-electron chi connectivity index (χ3n) is 5.36. The van der Waals surface area contributed by atoms with Gasteiger partial charge in [-0.05, 0) is 54.7 Å². The highest BCUT2D eigenvalue weighted by atomic mass is 16.4. The van der Waals surface area contributed by atoms with Crippen LogP contribution in [-0.4, -0.2) is 32.4 Å². The molecule has 6 nitrogen and oxygen atoms in total. The number of hydrogen-bond donors (Lipinski definition) is 1. The second kappa shape index (κ2) is 7.31. The van der Waals surface area contributed by atoms with Gasteiger partial charge in [0.05, 0.1) is 11.4 Å². The molecule has 3 aromatic rings. The van der Waals surface area contributed by atoms with Gasteiger partial charge in [0.1, 0.15) is 11.8 Å². The number of nitrogens with zero attached hydrogens (tertiary/aromatic N) is 3. The first-order chi connectivity index (χ1) is 12.9. The van der Waals surface area contributed by atoms with Gasteiger partial charge in [-0.1, -0.05) is 30.3 Å². The number of aliphatic carboxylic acids is 1. The van der Waals surface area contributed by atoms with Gasteiger partial charge in [0.2, 0.25) is 0 Å². The molecule has 0 spiro atoms. The summed E-state index contributed by atoms with van der Waals surface area (Å²) in [7, 11) is 1.83. The summed E-state index contributed by atoms with van der Waals surface area (Å²) in [6.45, 7) is 5.69. The number of carbonyl (C=O) groups is 2. The highest BCUT2D eigenvalue weighted by Crippen LogP contribution is 2.38. The molecule has 27 heavy (non-hydrogen) atoms. The lowest BCUT2D eigenvalue weighted by Crippen LogP contribution is -2.23. The van der Waals surface area contributed by atoms with Crippen LogP contribution in [0, 0.1) is 19.8 Å². The fraction of sp³-hybridized carbons (Fsp3) is 0.333. The minimum absolute atomic E-state index is 0.377. The van der Waals surface area contributed by atoms with Crippen LogP contribution in [0.4, 0.5) is 0 Å². The summed E-state index contributed by atoms with van der Waals surface area (Å²) >= 11 is 0. The molecule has 0 fully saturated rings. The van der Waals surface area contributed by atoms with Crippen molar-refractivity contribution in [2.45, 2.75) is 33.1 Å². The Labute approximate surface area is 157 Å². The van der Waals surface area contributed by atoms with Crippen LogP contribution in [0.2, 0.25) is 0 Å². The predicted molar refractivity (Wildman–Crippen MR) is 103 cm³/mol. The molecule has 6 heteroatoms. The van der Waals surface area contributed by atoms with Crippen molar-refractivity contribution in [2.24, 2.45) is 13.0 Å². The molecule has 0 radical (unpaired) electrons. The quantitative estimate of drug-likeness (QED) is 0.674. The Bertz CT molecular complexity index is 1020. The summed E-state index contributed by atoms with van der Waals surface area (Å²) in [5.41, 5.74) is 5.76. The number of aromatic nitrogens is 3. The van der Waals surface area contributed by atoms with Crippen LogP contribution in [0.5, 0.6) is 0 Å². The monoisotopic (exact) mass is 365 g/mol. The number of carboxylic acid groups (broad SMARTS) is 1. The van der Waals surface area contributed by atoms with Crippen molar-refractivity contribution in [2.75, 3.05) is 0 Å². The summed E-state index contributed by atoms with van der Waals surface area (Å²) < 4.78 is 1.70. The van der Waals surface area contributed by atoms with Gasteiger partial charge in [-0.15, -0.1) is 5.10 Å². The summed E-state index contributed by atoms with van der Waals surface area (Å²) in [5, 5.41) is 18.2. The molecule has 0 bridgehead atoms. The van der Waals surface area contributed by atoms with E-state index in [1.54, 1.807) is 10.7 Å². The van der Waals surface area contributed by atoms with Crippen molar-refractivity contribution in [1.82, 2.24) is 15.0 Å². The largest absolute Gasteiger partial charge is 0.481 e. The van der Waals surface area contributed by atoms with Crippen LogP contribution in [0.25, 0.3) is 11.0 Å². The van der Waals surface area contributed by atoms with Crippen LogP contribution in [0.15, 0.2) is 30.3 Å². The van der Waals surface area contributed by atoms with Crippen LogP contribution in [-0.2, 0) is 11.8 Å². The van der Waals surface area contributed by atoms with Gasteiger partial charge in [0, 0.05) is 18.5 Å². The van der Waals surface area contributed by atoms with Gasteiger partial charge in [0.25, 0.3) is 0 Å². The van der Waals surface area contributed by atoms with Crippen LogP contribution in [0.3, 0.4) is 0 Å². The first-order valence-electron chi connectivity index (χ1n) is 8.96. The molecule has 0 amide bonds. The Balaban J connectivity index is 2.26. The Morgan fingerprint density at radius 2 is 2.00 bits per heavy atom. The van der Waals surface area contributed by atoms with Crippen LogP contribution in [0.1, 0.15) is 51.9 Å². The molecule has 0 aliphatic heterocycles. The average molecular weight is 365 g/mol. The van der Waals surface area contributed by atoms with Crippen molar-refractivity contribution in [3.8, 4) is 0 Å². The number of rotatable bonds is 6. The Morgan fingerprint density at radius 1 is 1.26 bits per heavy atom. The minimum atomic E-state index is -0.852. The number of carbonyl (C=O) groups excluding carboxylic acids is 1. The molecule has 0 aliphatic carbocycles. The van der Waals surface area contributed by atoms with Gasteiger partial charge >= 0.3 is 5.97 Å². The lowest BCUT2D eigenvalue weighted by atomic mass is 9.77. The highest BCUT2D eigenvalue weighted by molar-refractivity contribution is 5.81. The summed E-state index contributed by atoms with van der Waals surface area (Å²) in [4.78, 5) is 23.4. The second-order valence-electron chi connectivity index (χ2n) is 6.93. The molecule has 3 rings (SSSR count). The molecule has 1 heterocycles. The number of benzene rings is 2. The Kier molecular flexibility index (Phi) is 5.08. The maximum atomic E-state index is 12.0. The summed E-state index contributed by atoms with van der Waals surface area (Å²) in [6.07, 6.45) is 1.29. The molecule has 140 valence electrons. The highest BCUT2D eigenvalue weighted by Gasteiger charge is 2.31. The van der Waals surface area contributed by atoms with Crippen LogP contribution >= 0.6 is 0 Å². The SMILES string of the molecule is CCC(C(=O)O)C(c1ccc(C)c(C=O)c1)c1ccc2c(nnn2C)c1C. The maximum absolute atomic E-state index is 12.0. The second-order valence-corrected chi connectivity index (χ2v) is 6.93. The van der Waals surface area contributed by atoms with Crippen LogP contribution < -0.4 is 0 Å². The number of aldehydes is 1.